The molecule has 6 nitrogen and oxygen atoms in total. The molecule has 0 spiro atoms. The number of fused-ring (bicyclic) bond motifs is 1. The van der Waals surface area contributed by atoms with Gasteiger partial charge in [0.2, 0.25) is 0 Å². The van der Waals surface area contributed by atoms with Crippen LogP contribution in [-0.2, 0) is 16.0 Å². The normalized spacial score (nSPS) is 14.1. The van der Waals surface area contributed by atoms with E-state index < -0.39 is 5.91 Å². The van der Waals surface area contributed by atoms with Gasteiger partial charge in [0.05, 0.1) is 5.39 Å². The molecule has 29 heavy (non-hydrogen) atoms. The van der Waals surface area contributed by atoms with Gasteiger partial charge in [-0.25, -0.2) is 9.97 Å². The number of imide groups is 1. The molecule has 0 fully saturated rings. The van der Waals surface area contributed by atoms with Crippen LogP contribution in [0.3, 0.4) is 0 Å². The second-order valence-electron chi connectivity index (χ2n) is 6.46. The van der Waals surface area contributed by atoms with Gasteiger partial charge >= 0.3 is 0 Å². The predicted octanol–water partition coefficient (Wildman–Crippen LogP) is 4.41. The summed E-state index contributed by atoms with van der Waals surface area (Å²) in [4.78, 5) is 36.7. The molecule has 2 amide bonds. The molecule has 0 unspecified atom stereocenters. The van der Waals surface area contributed by atoms with Crippen molar-refractivity contribution in [2.45, 2.75) is 13.3 Å². The van der Waals surface area contributed by atoms with E-state index in [0.29, 0.717) is 23.6 Å². The molecule has 9 heteroatoms. The largest absolute Gasteiger partial charge is 0.335 e. The second-order valence-corrected chi connectivity index (χ2v) is 9.30. The number of amides is 2. The third-order valence-electron chi connectivity index (χ3n) is 4.59. The van der Waals surface area contributed by atoms with Gasteiger partial charge in [-0.05, 0) is 29.8 Å². The Morgan fingerprint density at radius 3 is 2.55 bits per heavy atom. The summed E-state index contributed by atoms with van der Waals surface area (Å²) in [5, 5.41) is 12.4. The van der Waals surface area contributed by atoms with Crippen LogP contribution in [0.2, 0.25) is 0 Å². The highest BCUT2D eigenvalue weighted by atomic mass is 32.1. The zero-order valence-electron chi connectivity index (χ0n) is 15.2. The van der Waals surface area contributed by atoms with Crippen molar-refractivity contribution in [2.24, 2.45) is 0 Å². The Morgan fingerprint density at radius 1 is 1.03 bits per heavy atom. The summed E-state index contributed by atoms with van der Waals surface area (Å²) in [7, 11) is 0. The van der Waals surface area contributed by atoms with Gasteiger partial charge in [0.25, 0.3) is 11.8 Å². The fraction of sp³-hybridized carbons (Fsp3) is 0.100. The number of anilines is 1. The van der Waals surface area contributed by atoms with E-state index in [1.807, 2.05) is 35.0 Å². The van der Waals surface area contributed by atoms with Crippen LogP contribution in [0.25, 0.3) is 20.7 Å². The lowest BCUT2D eigenvalue weighted by Gasteiger charge is -2.10. The minimum absolute atomic E-state index is 0.236. The van der Waals surface area contributed by atoms with Crippen molar-refractivity contribution in [3.8, 4) is 10.4 Å². The number of nitrogens with zero attached hydrogens (tertiary/aromatic N) is 2. The van der Waals surface area contributed by atoms with E-state index >= 15 is 0 Å². The van der Waals surface area contributed by atoms with Gasteiger partial charge < -0.3 is 5.32 Å². The summed E-state index contributed by atoms with van der Waals surface area (Å²) in [5.41, 5.74) is 1.61. The van der Waals surface area contributed by atoms with Crippen molar-refractivity contribution in [3.05, 3.63) is 62.4 Å². The Balaban J connectivity index is 1.66. The lowest BCUT2D eigenvalue weighted by molar-refractivity contribution is -0.124. The average molecular weight is 439 g/mol. The van der Waals surface area contributed by atoms with E-state index in [1.54, 1.807) is 40.9 Å². The summed E-state index contributed by atoms with van der Waals surface area (Å²) in [6.45, 7) is 1.63. The molecule has 0 saturated heterocycles. The minimum atomic E-state index is -0.438. The van der Waals surface area contributed by atoms with Crippen LogP contribution < -0.4 is 10.6 Å². The number of carbonyl (C=O) groups is 2. The molecule has 5 rings (SSSR count). The van der Waals surface area contributed by atoms with Gasteiger partial charge in [-0.1, -0.05) is 12.1 Å². The molecular formula is C20H14N4O2S3. The summed E-state index contributed by atoms with van der Waals surface area (Å²) >= 11 is 4.84. The van der Waals surface area contributed by atoms with Crippen molar-refractivity contribution in [1.29, 1.82) is 0 Å². The zero-order valence-corrected chi connectivity index (χ0v) is 17.6. The lowest BCUT2D eigenvalue weighted by Crippen LogP contribution is -2.24. The van der Waals surface area contributed by atoms with Crippen LogP contribution in [0.15, 0.2) is 51.7 Å². The topological polar surface area (TPSA) is 84.0 Å². The smallest absolute Gasteiger partial charge is 0.275 e. The molecule has 1 aliphatic heterocycles. The summed E-state index contributed by atoms with van der Waals surface area (Å²) in [6, 6.07) is 8.09. The van der Waals surface area contributed by atoms with E-state index in [-0.39, 0.29) is 11.6 Å². The summed E-state index contributed by atoms with van der Waals surface area (Å²) in [5.74, 6) is 0.396. The van der Waals surface area contributed by atoms with Crippen LogP contribution in [-0.4, -0.2) is 21.8 Å². The standard InChI is InChI=1S/C20H14N4O2S3/c1-10-16(19(26)24-18(10)25)23-17-15-12(13-5-3-7-28-13)9-29-20(15)22-14(21-17)8-11-4-2-6-27-11/h2-7,9H,8H2,1H3,(H2,21,22,23,24,25,26). The van der Waals surface area contributed by atoms with E-state index in [2.05, 4.69) is 16.0 Å². The maximum atomic E-state index is 12.2. The van der Waals surface area contributed by atoms with E-state index in [9.17, 15) is 9.59 Å². The first-order valence-electron chi connectivity index (χ1n) is 8.78. The Bertz CT molecular complexity index is 1270. The van der Waals surface area contributed by atoms with Gasteiger partial charge in [0.1, 0.15) is 22.2 Å². The van der Waals surface area contributed by atoms with Crippen molar-refractivity contribution in [3.63, 3.8) is 0 Å². The number of carbonyl (C=O) groups excluding carboxylic acids is 2. The average Bonchev–Trinajstić information content (AvgIpc) is 3.47. The number of nitrogens with one attached hydrogen (secondary N) is 2. The van der Waals surface area contributed by atoms with Crippen LogP contribution in [0.4, 0.5) is 5.82 Å². The fourth-order valence-electron chi connectivity index (χ4n) is 3.15. The molecule has 0 aromatic carbocycles. The molecular weight excluding hydrogens is 424 g/mol. The Morgan fingerprint density at radius 2 is 1.86 bits per heavy atom. The number of thiophene rings is 3. The van der Waals surface area contributed by atoms with E-state index in [0.717, 1.165) is 25.5 Å². The summed E-state index contributed by atoms with van der Waals surface area (Å²) < 4.78 is 0. The minimum Gasteiger partial charge on any atom is -0.335 e. The van der Waals surface area contributed by atoms with Crippen molar-refractivity contribution in [2.75, 3.05) is 5.32 Å². The predicted molar refractivity (Wildman–Crippen MR) is 117 cm³/mol. The van der Waals surface area contributed by atoms with Gasteiger partial charge in [-0.2, -0.15) is 0 Å². The maximum Gasteiger partial charge on any atom is 0.275 e. The van der Waals surface area contributed by atoms with Crippen LogP contribution in [0.5, 0.6) is 0 Å². The van der Waals surface area contributed by atoms with E-state index in [1.165, 1.54) is 0 Å². The maximum absolute atomic E-state index is 12.2. The highest BCUT2D eigenvalue weighted by molar-refractivity contribution is 7.18. The molecule has 1 aliphatic rings. The quantitative estimate of drug-likeness (QED) is 0.451. The fourth-order valence-corrected chi connectivity index (χ4v) is 5.63. The second kappa shape index (κ2) is 7.18. The monoisotopic (exact) mass is 438 g/mol. The van der Waals surface area contributed by atoms with Gasteiger partial charge in [0.15, 0.2) is 0 Å². The van der Waals surface area contributed by atoms with Crippen molar-refractivity contribution < 1.29 is 9.59 Å². The molecule has 0 radical (unpaired) electrons. The molecule has 4 aromatic rings. The van der Waals surface area contributed by atoms with Crippen LogP contribution >= 0.6 is 34.0 Å². The van der Waals surface area contributed by atoms with Gasteiger partial charge in [0, 0.05) is 32.7 Å². The Kier molecular flexibility index (Phi) is 4.50. The molecule has 5 heterocycles. The lowest BCUT2D eigenvalue weighted by atomic mass is 10.2. The van der Waals surface area contributed by atoms with Crippen molar-refractivity contribution >= 4 is 61.9 Å². The van der Waals surface area contributed by atoms with Gasteiger partial charge in [-0.3, -0.25) is 14.9 Å². The highest BCUT2D eigenvalue weighted by Crippen LogP contribution is 2.39. The SMILES string of the molecule is CC1=C(Nc2nc(Cc3cccs3)nc3scc(-c4cccs4)c23)C(=O)NC1=O. The molecule has 0 atom stereocenters. The first kappa shape index (κ1) is 18.2. The molecule has 144 valence electrons. The highest BCUT2D eigenvalue weighted by Gasteiger charge is 2.28. The third kappa shape index (κ3) is 3.27. The first-order chi connectivity index (χ1) is 14.1. The molecule has 2 N–H and O–H groups in total. The number of hydrogen-bond donors (Lipinski definition) is 2. The Labute approximate surface area is 178 Å². The van der Waals surface area contributed by atoms with Crippen LogP contribution in [0.1, 0.15) is 17.6 Å². The number of hydrogen-bond acceptors (Lipinski definition) is 8. The Hall–Kier alpha value is -2.88. The zero-order chi connectivity index (χ0) is 20.0. The number of rotatable bonds is 5. The van der Waals surface area contributed by atoms with Crippen LogP contribution in [0, 0.1) is 0 Å². The van der Waals surface area contributed by atoms with Gasteiger partial charge in [-0.15, -0.1) is 34.0 Å². The molecule has 0 saturated carbocycles. The summed E-state index contributed by atoms with van der Waals surface area (Å²) in [6.07, 6.45) is 0.609. The van der Waals surface area contributed by atoms with Crippen molar-refractivity contribution in [1.82, 2.24) is 15.3 Å². The third-order valence-corrected chi connectivity index (χ3v) is 7.24. The first-order valence-corrected chi connectivity index (χ1v) is 11.4. The van der Waals surface area contributed by atoms with E-state index in [4.69, 9.17) is 9.97 Å². The number of aromatic nitrogens is 2. The molecule has 0 aliphatic carbocycles. The molecule has 0 bridgehead atoms. The molecule has 4 aromatic heterocycles.